The molecule has 320 valence electrons. The minimum Gasteiger partial charge on any atom is -0.477 e. The number of allylic oxidation sites excluding steroid dienone is 12. The average Bonchev–Trinajstić information content (AvgIpc) is 3.15. The molecule has 0 saturated carbocycles. The van der Waals surface area contributed by atoms with E-state index in [-0.39, 0.29) is 42.7 Å². The van der Waals surface area contributed by atoms with Crippen LogP contribution in [0.5, 0.6) is 0 Å². The van der Waals surface area contributed by atoms with Crippen molar-refractivity contribution in [3.05, 3.63) is 72.9 Å². The third kappa shape index (κ3) is 36.4. The van der Waals surface area contributed by atoms with E-state index in [0.29, 0.717) is 19.3 Å². The maximum Gasteiger partial charge on any atom is 0.362 e. The Balaban J connectivity index is 4.49. The molecule has 2 unspecified atom stereocenters. The van der Waals surface area contributed by atoms with E-state index in [0.717, 1.165) is 64.2 Å². The van der Waals surface area contributed by atoms with Gasteiger partial charge in [-0.15, -0.1) is 0 Å². The molecular weight excluding hydrogens is 703 g/mol. The summed E-state index contributed by atoms with van der Waals surface area (Å²) in [7, 11) is 5.49. The van der Waals surface area contributed by atoms with Gasteiger partial charge >= 0.3 is 17.9 Å². The Hall–Kier alpha value is -3.23. The highest BCUT2D eigenvalue weighted by Crippen LogP contribution is 2.12. The zero-order chi connectivity index (χ0) is 41.4. The molecule has 2 atom stereocenters. The van der Waals surface area contributed by atoms with E-state index in [2.05, 4.69) is 86.8 Å². The van der Waals surface area contributed by atoms with E-state index in [1.54, 1.807) is 0 Å². The molecule has 1 N–H and O–H groups in total. The van der Waals surface area contributed by atoms with Crippen molar-refractivity contribution in [3.8, 4) is 0 Å². The molecule has 0 saturated heterocycles. The standard InChI is InChI=1S/C48H81NO7/c1-6-8-10-12-14-16-18-20-22-23-25-27-29-31-33-35-37-39-47(51)56-44(42-54-41-40-45(48(52)53)49(3,4)5)43-55-46(50)38-36-34-32-30-28-26-24-21-19-17-15-13-11-9-7-2/h14-17,19-22,25,27,31,33,44-45H,6-13,18,23-24,26,28-30,32,34-43H2,1-5H3/p+1/b16-14+,17-15+,21-19+,22-20+,27-25+,33-31+. The lowest BCUT2D eigenvalue weighted by Crippen LogP contribution is -2.50. The highest BCUT2D eigenvalue weighted by Gasteiger charge is 2.31. The first-order valence-corrected chi connectivity index (χ1v) is 22.0. The Morgan fingerprint density at radius 1 is 0.554 bits per heavy atom. The first-order valence-electron chi connectivity index (χ1n) is 22.0. The van der Waals surface area contributed by atoms with Gasteiger partial charge in [-0.1, -0.05) is 138 Å². The molecule has 0 heterocycles. The molecule has 0 amide bonds. The van der Waals surface area contributed by atoms with Crippen molar-refractivity contribution in [2.45, 2.75) is 174 Å². The molecule has 0 aromatic heterocycles. The predicted octanol–water partition coefficient (Wildman–Crippen LogP) is 12.0. The lowest BCUT2D eigenvalue weighted by molar-refractivity contribution is -0.887. The minimum atomic E-state index is -0.888. The topological polar surface area (TPSA) is 99.1 Å². The SMILES string of the molecule is CCCCC/C=C/C=C/CCCCCCCCC(=O)OCC(COCCC(C(=O)O)[N+](C)(C)C)OC(=O)CCC/C=C/C/C=C/C/C=C/C/C=C/CCCCC. The van der Waals surface area contributed by atoms with E-state index in [9.17, 15) is 19.5 Å². The fourth-order valence-corrected chi connectivity index (χ4v) is 5.90. The van der Waals surface area contributed by atoms with E-state index < -0.39 is 18.1 Å². The molecular formula is C48H82NO7+. The van der Waals surface area contributed by atoms with Crippen molar-refractivity contribution in [1.82, 2.24) is 0 Å². The maximum atomic E-state index is 12.7. The molecule has 8 heteroatoms. The van der Waals surface area contributed by atoms with Crippen LogP contribution in [0.4, 0.5) is 0 Å². The van der Waals surface area contributed by atoms with E-state index >= 15 is 0 Å². The van der Waals surface area contributed by atoms with Gasteiger partial charge in [-0.25, -0.2) is 4.79 Å². The van der Waals surface area contributed by atoms with E-state index in [1.807, 2.05) is 21.1 Å². The third-order valence-corrected chi connectivity index (χ3v) is 9.36. The molecule has 0 radical (unpaired) electrons. The van der Waals surface area contributed by atoms with Crippen LogP contribution in [-0.4, -0.2) is 80.6 Å². The molecule has 0 rings (SSSR count). The largest absolute Gasteiger partial charge is 0.477 e. The van der Waals surface area contributed by atoms with Crippen molar-refractivity contribution >= 4 is 17.9 Å². The van der Waals surface area contributed by atoms with Gasteiger partial charge in [0.25, 0.3) is 0 Å². The number of ether oxygens (including phenoxy) is 3. The fourth-order valence-electron chi connectivity index (χ4n) is 5.90. The first kappa shape index (κ1) is 52.8. The summed E-state index contributed by atoms with van der Waals surface area (Å²) >= 11 is 0. The summed E-state index contributed by atoms with van der Waals surface area (Å²) in [6.07, 6.45) is 48.0. The van der Waals surface area contributed by atoms with Gasteiger partial charge in [0.15, 0.2) is 12.1 Å². The zero-order valence-electron chi connectivity index (χ0n) is 36.3. The van der Waals surface area contributed by atoms with Crippen molar-refractivity contribution in [1.29, 1.82) is 0 Å². The highest BCUT2D eigenvalue weighted by atomic mass is 16.6. The van der Waals surface area contributed by atoms with Crippen LogP contribution in [0.3, 0.4) is 0 Å². The van der Waals surface area contributed by atoms with Crippen molar-refractivity contribution in [2.24, 2.45) is 0 Å². The van der Waals surface area contributed by atoms with Crippen LogP contribution in [0, 0.1) is 0 Å². The van der Waals surface area contributed by atoms with Gasteiger partial charge in [-0.3, -0.25) is 9.59 Å². The first-order chi connectivity index (χ1) is 27.1. The lowest BCUT2D eigenvalue weighted by atomic mass is 10.1. The van der Waals surface area contributed by atoms with E-state index in [4.69, 9.17) is 14.2 Å². The van der Waals surface area contributed by atoms with Gasteiger partial charge in [0, 0.05) is 19.3 Å². The molecule has 0 aliphatic heterocycles. The lowest BCUT2D eigenvalue weighted by Gasteiger charge is -2.31. The van der Waals surface area contributed by atoms with Crippen LogP contribution in [0.25, 0.3) is 0 Å². The molecule has 8 nitrogen and oxygen atoms in total. The number of aliphatic carboxylic acids is 1. The fraction of sp³-hybridized carbons (Fsp3) is 0.688. The third-order valence-electron chi connectivity index (χ3n) is 9.36. The number of carbonyl (C=O) groups excluding carboxylic acids is 2. The normalized spacial score (nSPS) is 13.7. The van der Waals surface area contributed by atoms with Gasteiger partial charge in [0.05, 0.1) is 34.4 Å². The number of hydrogen-bond acceptors (Lipinski definition) is 6. The number of carbonyl (C=O) groups is 3. The summed E-state index contributed by atoms with van der Waals surface area (Å²) in [5, 5.41) is 9.61. The number of carboxylic acids is 1. The molecule has 0 fully saturated rings. The Kier molecular flexibility index (Phi) is 36.4. The Labute approximate surface area is 342 Å². The average molecular weight is 785 g/mol. The molecule has 0 aromatic rings. The van der Waals surface area contributed by atoms with Crippen molar-refractivity contribution in [3.63, 3.8) is 0 Å². The summed E-state index contributed by atoms with van der Waals surface area (Å²) < 4.78 is 17.2. The van der Waals surface area contributed by atoms with Crippen LogP contribution in [0.2, 0.25) is 0 Å². The molecule has 0 aromatic carbocycles. The van der Waals surface area contributed by atoms with Gasteiger partial charge in [-0.05, 0) is 77.0 Å². The zero-order valence-corrected chi connectivity index (χ0v) is 36.3. The maximum absolute atomic E-state index is 12.7. The molecule has 0 bridgehead atoms. The summed E-state index contributed by atoms with van der Waals surface area (Å²) in [4.78, 5) is 36.9. The molecule has 56 heavy (non-hydrogen) atoms. The van der Waals surface area contributed by atoms with Crippen molar-refractivity contribution in [2.75, 3.05) is 41.0 Å². The predicted molar refractivity (Wildman–Crippen MR) is 233 cm³/mol. The minimum absolute atomic E-state index is 0.0319. The highest BCUT2D eigenvalue weighted by molar-refractivity contribution is 5.72. The number of nitrogens with zero attached hydrogens (tertiary/aromatic N) is 1. The summed E-state index contributed by atoms with van der Waals surface area (Å²) in [6, 6.07) is -0.629. The van der Waals surface area contributed by atoms with Crippen molar-refractivity contribution < 1.29 is 38.2 Å². The molecule has 0 spiro atoms. The van der Waals surface area contributed by atoms with Gasteiger partial charge in [0.2, 0.25) is 0 Å². The quantitative estimate of drug-likeness (QED) is 0.0219. The summed E-state index contributed by atoms with van der Waals surface area (Å²) in [5.41, 5.74) is 0. The number of unbranched alkanes of at least 4 members (excludes halogenated alkanes) is 13. The van der Waals surface area contributed by atoms with Gasteiger partial charge in [0.1, 0.15) is 6.61 Å². The summed E-state index contributed by atoms with van der Waals surface area (Å²) in [6.45, 7) is 4.59. The monoisotopic (exact) mass is 785 g/mol. The number of hydrogen-bond donors (Lipinski definition) is 1. The molecule has 0 aliphatic carbocycles. The van der Waals surface area contributed by atoms with Gasteiger partial charge in [-0.2, -0.15) is 0 Å². The van der Waals surface area contributed by atoms with Crippen LogP contribution in [0.15, 0.2) is 72.9 Å². The second-order valence-electron chi connectivity index (χ2n) is 15.6. The van der Waals surface area contributed by atoms with Gasteiger partial charge < -0.3 is 23.8 Å². The number of likely N-dealkylation sites (N-methyl/N-ethyl adjacent to an activating group) is 1. The Morgan fingerprint density at radius 3 is 1.55 bits per heavy atom. The number of rotatable bonds is 38. The number of esters is 2. The second kappa shape index (κ2) is 38.6. The summed E-state index contributed by atoms with van der Waals surface area (Å²) in [5.74, 6) is -1.56. The van der Waals surface area contributed by atoms with E-state index in [1.165, 1.54) is 57.8 Å². The molecule has 0 aliphatic rings. The number of quaternary nitrogens is 1. The van der Waals surface area contributed by atoms with Crippen LogP contribution in [0.1, 0.15) is 162 Å². The second-order valence-corrected chi connectivity index (χ2v) is 15.6. The number of carboxylic acid groups (broad SMARTS) is 1. The van der Waals surface area contributed by atoms with Crippen LogP contribution >= 0.6 is 0 Å². The Morgan fingerprint density at radius 2 is 1.02 bits per heavy atom. The smallest absolute Gasteiger partial charge is 0.362 e. The Bertz CT molecular complexity index is 1140. The van der Waals surface area contributed by atoms with Crippen LogP contribution in [-0.2, 0) is 28.6 Å². The van der Waals surface area contributed by atoms with Crippen LogP contribution < -0.4 is 0 Å².